The Balaban J connectivity index is 2.20. The molecule has 0 saturated carbocycles. The molecule has 2 aromatic rings. The quantitative estimate of drug-likeness (QED) is 0.770. The Morgan fingerprint density at radius 1 is 1.40 bits per heavy atom. The van der Waals surface area contributed by atoms with Crippen LogP contribution in [0.4, 0.5) is 0 Å². The van der Waals surface area contributed by atoms with E-state index in [0.29, 0.717) is 5.92 Å². The minimum Gasteiger partial charge on any atom is -0.482 e. The molecule has 0 spiro atoms. The predicted octanol–water partition coefficient (Wildman–Crippen LogP) is 0.425. The van der Waals surface area contributed by atoms with E-state index >= 15 is 0 Å². The number of nitrogens with one attached hydrogen (secondary N) is 1. The van der Waals surface area contributed by atoms with E-state index in [4.69, 9.17) is 4.74 Å². The molecule has 0 radical (unpaired) electrons. The van der Waals surface area contributed by atoms with E-state index < -0.39 is 0 Å². The molecular weight excluding hydrogens is 192 g/mol. The van der Waals surface area contributed by atoms with Gasteiger partial charge in [-0.05, 0) is 12.1 Å². The summed E-state index contributed by atoms with van der Waals surface area (Å²) in [5, 5.41) is 11.6. The maximum atomic E-state index is 5.31. The van der Waals surface area contributed by atoms with Crippen molar-refractivity contribution in [3.05, 3.63) is 24.0 Å². The molecule has 3 heterocycles. The lowest BCUT2D eigenvalue weighted by Gasteiger charge is -2.25. The minimum absolute atomic E-state index is 0.455. The van der Waals surface area contributed by atoms with Gasteiger partial charge in [0, 0.05) is 19.0 Å². The molecule has 1 fully saturated rings. The van der Waals surface area contributed by atoms with E-state index in [9.17, 15) is 0 Å². The van der Waals surface area contributed by atoms with Gasteiger partial charge >= 0.3 is 0 Å². The van der Waals surface area contributed by atoms with Crippen LogP contribution in [-0.4, -0.2) is 34.8 Å². The van der Waals surface area contributed by atoms with Gasteiger partial charge in [0.15, 0.2) is 5.65 Å². The lowest BCUT2D eigenvalue weighted by atomic mass is 10.0. The van der Waals surface area contributed by atoms with Gasteiger partial charge in [-0.1, -0.05) is 6.07 Å². The fraction of sp³-hybridized carbons (Fsp3) is 0.400. The molecule has 0 amide bonds. The molecule has 2 aromatic heterocycles. The molecule has 1 saturated heterocycles. The van der Waals surface area contributed by atoms with E-state index in [1.807, 2.05) is 22.6 Å². The van der Waals surface area contributed by atoms with Gasteiger partial charge in [0.2, 0.25) is 5.88 Å². The standard InChI is InChI=1S/C10H12N4O/c1-15-9-4-2-3-8-12-13-10(14(8)9)7-5-11-6-7/h2-4,7,11H,5-6H2,1H3. The summed E-state index contributed by atoms with van der Waals surface area (Å²) in [4.78, 5) is 0. The number of aromatic nitrogens is 3. The van der Waals surface area contributed by atoms with Crippen molar-refractivity contribution in [2.75, 3.05) is 20.2 Å². The lowest BCUT2D eigenvalue weighted by Crippen LogP contribution is -2.41. The molecule has 78 valence electrons. The van der Waals surface area contributed by atoms with Crippen LogP contribution in [0.25, 0.3) is 5.65 Å². The van der Waals surface area contributed by atoms with Crippen molar-refractivity contribution in [2.24, 2.45) is 0 Å². The maximum absolute atomic E-state index is 5.31. The van der Waals surface area contributed by atoms with Gasteiger partial charge in [-0.15, -0.1) is 10.2 Å². The van der Waals surface area contributed by atoms with Gasteiger partial charge in [-0.2, -0.15) is 0 Å². The lowest BCUT2D eigenvalue weighted by molar-refractivity contribution is 0.377. The average Bonchev–Trinajstić information content (AvgIpc) is 2.59. The zero-order valence-electron chi connectivity index (χ0n) is 8.47. The van der Waals surface area contributed by atoms with Crippen LogP contribution in [0.2, 0.25) is 0 Å². The summed E-state index contributed by atoms with van der Waals surface area (Å²) in [6, 6.07) is 5.78. The van der Waals surface area contributed by atoms with Crippen molar-refractivity contribution in [3.63, 3.8) is 0 Å². The number of fused-ring (bicyclic) bond motifs is 1. The highest BCUT2D eigenvalue weighted by atomic mass is 16.5. The molecule has 0 atom stereocenters. The van der Waals surface area contributed by atoms with Gasteiger partial charge in [0.05, 0.1) is 7.11 Å². The number of rotatable bonds is 2. The molecule has 3 rings (SSSR count). The minimum atomic E-state index is 0.455. The fourth-order valence-electron chi connectivity index (χ4n) is 1.83. The Morgan fingerprint density at radius 3 is 2.93 bits per heavy atom. The second kappa shape index (κ2) is 3.20. The van der Waals surface area contributed by atoms with E-state index in [1.165, 1.54) is 0 Å². The number of methoxy groups -OCH3 is 1. The summed E-state index contributed by atoms with van der Waals surface area (Å²) in [5.74, 6) is 2.23. The van der Waals surface area contributed by atoms with Crippen LogP contribution in [0.1, 0.15) is 11.7 Å². The zero-order valence-corrected chi connectivity index (χ0v) is 8.47. The SMILES string of the molecule is COc1cccc2nnc(C3CNC3)n12. The summed E-state index contributed by atoms with van der Waals surface area (Å²) in [6.07, 6.45) is 0. The summed E-state index contributed by atoms with van der Waals surface area (Å²) in [7, 11) is 1.66. The van der Waals surface area contributed by atoms with Crippen LogP contribution >= 0.6 is 0 Å². The molecule has 1 N–H and O–H groups in total. The average molecular weight is 204 g/mol. The number of hydrogen-bond acceptors (Lipinski definition) is 4. The van der Waals surface area contributed by atoms with E-state index in [-0.39, 0.29) is 0 Å². The Labute approximate surface area is 87.1 Å². The Hall–Kier alpha value is -1.62. The Morgan fingerprint density at radius 2 is 2.27 bits per heavy atom. The number of hydrogen-bond donors (Lipinski definition) is 1. The normalized spacial score (nSPS) is 16.6. The molecule has 0 unspecified atom stereocenters. The van der Waals surface area contributed by atoms with Crippen molar-refractivity contribution in [2.45, 2.75) is 5.92 Å². The van der Waals surface area contributed by atoms with Crippen molar-refractivity contribution in [1.82, 2.24) is 19.9 Å². The maximum Gasteiger partial charge on any atom is 0.200 e. The molecule has 5 heteroatoms. The first-order valence-electron chi connectivity index (χ1n) is 4.99. The van der Waals surface area contributed by atoms with Gasteiger partial charge < -0.3 is 10.1 Å². The van der Waals surface area contributed by atoms with Crippen molar-refractivity contribution < 1.29 is 4.74 Å². The van der Waals surface area contributed by atoms with E-state index in [0.717, 1.165) is 30.4 Å². The van der Waals surface area contributed by atoms with Gasteiger partial charge in [-0.25, -0.2) is 4.40 Å². The van der Waals surface area contributed by atoms with Crippen molar-refractivity contribution in [1.29, 1.82) is 0 Å². The van der Waals surface area contributed by atoms with Crippen molar-refractivity contribution in [3.8, 4) is 5.88 Å². The third-order valence-corrected chi connectivity index (χ3v) is 2.77. The molecule has 15 heavy (non-hydrogen) atoms. The molecule has 0 bridgehead atoms. The highest BCUT2D eigenvalue weighted by molar-refractivity contribution is 5.42. The third kappa shape index (κ3) is 1.20. The van der Waals surface area contributed by atoms with Crippen LogP contribution in [0.3, 0.4) is 0 Å². The predicted molar refractivity (Wildman–Crippen MR) is 55.1 cm³/mol. The van der Waals surface area contributed by atoms with E-state index in [1.54, 1.807) is 7.11 Å². The largest absolute Gasteiger partial charge is 0.482 e. The monoisotopic (exact) mass is 204 g/mol. The zero-order chi connectivity index (χ0) is 10.3. The van der Waals surface area contributed by atoms with Gasteiger partial charge in [0.1, 0.15) is 5.82 Å². The Kier molecular flexibility index (Phi) is 1.85. The first-order valence-corrected chi connectivity index (χ1v) is 4.99. The summed E-state index contributed by atoms with van der Waals surface area (Å²) < 4.78 is 7.29. The van der Waals surface area contributed by atoms with Crippen LogP contribution in [0, 0.1) is 0 Å². The first-order chi connectivity index (χ1) is 7.40. The highest BCUT2D eigenvalue weighted by Gasteiger charge is 2.25. The van der Waals surface area contributed by atoms with Gasteiger partial charge in [0.25, 0.3) is 0 Å². The topological polar surface area (TPSA) is 51.5 Å². The number of nitrogens with zero attached hydrogens (tertiary/aromatic N) is 3. The smallest absolute Gasteiger partial charge is 0.200 e. The summed E-state index contributed by atoms with van der Waals surface area (Å²) in [5.41, 5.74) is 0.844. The molecular formula is C10H12N4O. The second-order valence-electron chi connectivity index (χ2n) is 3.68. The molecule has 0 aromatic carbocycles. The number of ether oxygens (including phenoxy) is 1. The molecule has 1 aliphatic heterocycles. The van der Waals surface area contributed by atoms with Crippen LogP contribution in [-0.2, 0) is 0 Å². The van der Waals surface area contributed by atoms with Crippen LogP contribution in [0.5, 0.6) is 5.88 Å². The van der Waals surface area contributed by atoms with E-state index in [2.05, 4.69) is 15.5 Å². The fourth-order valence-corrected chi connectivity index (χ4v) is 1.83. The van der Waals surface area contributed by atoms with Crippen LogP contribution in [0.15, 0.2) is 18.2 Å². The molecule has 0 aliphatic carbocycles. The molecule has 5 nitrogen and oxygen atoms in total. The van der Waals surface area contributed by atoms with Gasteiger partial charge in [-0.3, -0.25) is 0 Å². The first kappa shape index (κ1) is 8.67. The third-order valence-electron chi connectivity index (χ3n) is 2.77. The number of pyridine rings is 1. The second-order valence-corrected chi connectivity index (χ2v) is 3.68. The van der Waals surface area contributed by atoms with Crippen LogP contribution < -0.4 is 10.1 Å². The van der Waals surface area contributed by atoms with Crippen molar-refractivity contribution >= 4 is 5.65 Å². The highest BCUT2D eigenvalue weighted by Crippen LogP contribution is 2.23. The summed E-state index contributed by atoms with van der Waals surface area (Å²) in [6.45, 7) is 1.94. The Bertz CT molecular complexity index is 489. The summed E-state index contributed by atoms with van der Waals surface area (Å²) >= 11 is 0. The molecule has 1 aliphatic rings.